The average Bonchev–Trinajstić information content (AvgIpc) is 2.47. The molecule has 1 aliphatic heterocycles. The molecule has 1 atom stereocenters. The van der Waals surface area contributed by atoms with Gasteiger partial charge in [-0.15, -0.1) is 11.6 Å². The minimum Gasteiger partial charge on any atom is -0.494 e. The van der Waals surface area contributed by atoms with Crippen molar-refractivity contribution in [2.75, 3.05) is 32.2 Å². The minimum absolute atomic E-state index is 0.00278. The molecule has 0 bridgehead atoms. The first kappa shape index (κ1) is 14.2. The number of halogens is 1. The summed E-state index contributed by atoms with van der Waals surface area (Å²) < 4.78 is 10.7. The van der Waals surface area contributed by atoms with Crippen LogP contribution in [0.5, 0.6) is 5.75 Å². The van der Waals surface area contributed by atoms with Gasteiger partial charge in [-0.05, 0) is 31.2 Å². The van der Waals surface area contributed by atoms with Crippen LogP contribution in [0.25, 0.3) is 0 Å². The number of ether oxygens (including phenoxy) is 2. The number of amides is 1. The highest BCUT2D eigenvalue weighted by molar-refractivity contribution is 6.18. The van der Waals surface area contributed by atoms with E-state index >= 15 is 0 Å². The van der Waals surface area contributed by atoms with Gasteiger partial charge in [-0.1, -0.05) is 0 Å². The molecule has 0 saturated carbocycles. The number of hydrogen-bond acceptors (Lipinski definition) is 3. The molecule has 1 heterocycles. The summed E-state index contributed by atoms with van der Waals surface area (Å²) in [6.45, 7) is 4.20. The van der Waals surface area contributed by atoms with Crippen LogP contribution in [0.3, 0.4) is 0 Å². The van der Waals surface area contributed by atoms with Crippen LogP contribution in [-0.2, 0) is 4.74 Å². The fraction of sp³-hybridized carbons (Fsp3) is 0.500. The zero-order chi connectivity index (χ0) is 13.7. The number of alkyl halides is 1. The van der Waals surface area contributed by atoms with Gasteiger partial charge in [0.25, 0.3) is 5.91 Å². The highest BCUT2D eigenvalue weighted by atomic mass is 35.5. The van der Waals surface area contributed by atoms with Crippen molar-refractivity contribution in [1.82, 2.24) is 4.90 Å². The molecular weight excluding hydrogens is 266 g/mol. The number of rotatable bonds is 4. The van der Waals surface area contributed by atoms with E-state index in [4.69, 9.17) is 21.1 Å². The van der Waals surface area contributed by atoms with Gasteiger partial charge >= 0.3 is 0 Å². The molecule has 1 saturated heterocycles. The Morgan fingerprint density at radius 3 is 2.84 bits per heavy atom. The third kappa shape index (κ3) is 3.39. The van der Waals surface area contributed by atoms with Crippen molar-refractivity contribution in [3.8, 4) is 5.75 Å². The molecule has 19 heavy (non-hydrogen) atoms. The molecule has 1 aliphatic rings. The summed E-state index contributed by atoms with van der Waals surface area (Å²) >= 11 is 5.88. The van der Waals surface area contributed by atoms with E-state index in [1.807, 2.05) is 19.1 Å². The highest BCUT2D eigenvalue weighted by Gasteiger charge is 2.27. The number of carbonyl (C=O) groups is 1. The highest BCUT2D eigenvalue weighted by Crippen LogP contribution is 2.17. The summed E-state index contributed by atoms with van der Waals surface area (Å²) in [4.78, 5) is 14.2. The van der Waals surface area contributed by atoms with E-state index in [-0.39, 0.29) is 11.9 Å². The third-order valence-corrected chi connectivity index (χ3v) is 3.44. The monoisotopic (exact) mass is 283 g/mol. The third-order valence-electron chi connectivity index (χ3n) is 3.08. The lowest BCUT2D eigenvalue weighted by Gasteiger charge is -2.34. The SMILES string of the molecule is CCOc1ccc(C(=O)N2CCOCC2CCl)cc1. The quantitative estimate of drug-likeness (QED) is 0.795. The van der Waals surface area contributed by atoms with Crippen molar-refractivity contribution in [2.24, 2.45) is 0 Å². The first-order chi connectivity index (χ1) is 9.26. The Morgan fingerprint density at radius 1 is 1.47 bits per heavy atom. The fourth-order valence-corrected chi connectivity index (χ4v) is 2.33. The van der Waals surface area contributed by atoms with E-state index in [1.54, 1.807) is 17.0 Å². The van der Waals surface area contributed by atoms with Gasteiger partial charge in [-0.25, -0.2) is 0 Å². The molecule has 1 unspecified atom stereocenters. The molecule has 1 fully saturated rings. The molecule has 0 radical (unpaired) electrons. The van der Waals surface area contributed by atoms with Crippen molar-refractivity contribution in [3.05, 3.63) is 29.8 Å². The Kier molecular flexibility index (Phi) is 5.05. The molecule has 0 aromatic heterocycles. The van der Waals surface area contributed by atoms with Crippen LogP contribution < -0.4 is 4.74 Å². The molecular formula is C14H18ClNO3. The second-order valence-electron chi connectivity index (χ2n) is 4.34. The van der Waals surface area contributed by atoms with Gasteiger partial charge in [0.15, 0.2) is 0 Å². The first-order valence-electron chi connectivity index (χ1n) is 6.43. The molecule has 1 aromatic carbocycles. The first-order valence-corrected chi connectivity index (χ1v) is 6.97. The summed E-state index contributed by atoms with van der Waals surface area (Å²) in [7, 11) is 0. The molecule has 4 nitrogen and oxygen atoms in total. The molecule has 104 valence electrons. The Labute approximate surface area is 118 Å². The number of hydrogen-bond donors (Lipinski definition) is 0. The zero-order valence-electron chi connectivity index (χ0n) is 11.0. The van der Waals surface area contributed by atoms with E-state index in [0.717, 1.165) is 5.75 Å². The number of benzene rings is 1. The van der Waals surface area contributed by atoms with Gasteiger partial charge in [-0.3, -0.25) is 4.79 Å². The van der Waals surface area contributed by atoms with Crippen LogP contribution in [0.4, 0.5) is 0 Å². The summed E-state index contributed by atoms with van der Waals surface area (Å²) in [5, 5.41) is 0. The van der Waals surface area contributed by atoms with Crippen molar-refractivity contribution < 1.29 is 14.3 Å². The van der Waals surface area contributed by atoms with Gasteiger partial charge in [0.1, 0.15) is 5.75 Å². The van der Waals surface area contributed by atoms with Crippen LogP contribution in [0.1, 0.15) is 17.3 Å². The second-order valence-corrected chi connectivity index (χ2v) is 4.65. The predicted octanol–water partition coefficient (Wildman–Crippen LogP) is 2.17. The van der Waals surface area contributed by atoms with Gasteiger partial charge in [0, 0.05) is 18.0 Å². The zero-order valence-corrected chi connectivity index (χ0v) is 11.7. The van der Waals surface area contributed by atoms with Gasteiger partial charge in [-0.2, -0.15) is 0 Å². The van der Waals surface area contributed by atoms with Gasteiger partial charge in [0.05, 0.1) is 25.9 Å². The van der Waals surface area contributed by atoms with E-state index in [1.165, 1.54) is 0 Å². The Morgan fingerprint density at radius 2 is 2.21 bits per heavy atom. The lowest BCUT2D eigenvalue weighted by atomic mass is 10.1. The molecule has 2 rings (SSSR count). The van der Waals surface area contributed by atoms with Crippen molar-refractivity contribution in [3.63, 3.8) is 0 Å². The lowest BCUT2D eigenvalue weighted by Crippen LogP contribution is -2.49. The maximum atomic E-state index is 12.4. The van der Waals surface area contributed by atoms with Crippen LogP contribution in [0, 0.1) is 0 Å². The lowest BCUT2D eigenvalue weighted by molar-refractivity contribution is 0.00456. The summed E-state index contributed by atoms with van der Waals surface area (Å²) in [6, 6.07) is 7.15. The summed E-state index contributed by atoms with van der Waals surface area (Å²) in [5.41, 5.74) is 0.653. The van der Waals surface area contributed by atoms with Crippen molar-refractivity contribution >= 4 is 17.5 Å². The largest absolute Gasteiger partial charge is 0.494 e. The minimum atomic E-state index is -0.0468. The summed E-state index contributed by atoms with van der Waals surface area (Å²) in [5.74, 6) is 1.16. The van der Waals surface area contributed by atoms with Crippen molar-refractivity contribution in [2.45, 2.75) is 13.0 Å². The van der Waals surface area contributed by atoms with E-state index < -0.39 is 0 Å². The topological polar surface area (TPSA) is 38.8 Å². The van der Waals surface area contributed by atoms with Crippen LogP contribution in [0.15, 0.2) is 24.3 Å². The predicted molar refractivity (Wildman–Crippen MR) is 74.0 cm³/mol. The summed E-state index contributed by atoms with van der Waals surface area (Å²) in [6.07, 6.45) is 0. The van der Waals surface area contributed by atoms with E-state index in [0.29, 0.717) is 37.8 Å². The second kappa shape index (κ2) is 6.78. The molecule has 1 aromatic rings. The molecule has 1 amide bonds. The average molecular weight is 284 g/mol. The van der Waals surface area contributed by atoms with Crippen molar-refractivity contribution in [1.29, 1.82) is 0 Å². The van der Waals surface area contributed by atoms with E-state index in [2.05, 4.69) is 0 Å². The van der Waals surface area contributed by atoms with Crippen LogP contribution >= 0.6 is 11.6 Å². The van der Waals surface area contributed by atoms with Gasteiger partial charge in [0.2, 0.25) is 0 Å². The number of carbonyl (C=O) groups excluding carboxylic acids is 1. The molecule has 0 aliphatic carbocycles. The molecule has 5 heteroatoms. The Balaban J connectivity index is 2.09. The Bertz CT molecular complexity index is 421. The smallest absolute Gasteiger partial charge is 0.254 e. The van der Waals surface area contributed by atoms with Crippen LogP contribution in [-0.4, -0.2) is 49.1 Å². The van der Waals surface area contributed by atoms with Gasteiger partial charge < -0.3 is 14.4 Å². The molecule has 0 N–H and O–H groups in total. The van der Waals surface area contributed by atoms with E-state index in [9.17, 15) is 4.79 Å². The maximum Gasteiger partial charge on any atom is 0.254 e. The number of nitrogens with zero attached hydrogens (tertiary/aromatic N) is 1. The number of morpholine rings is 1. The fourth-order valence-electron chi connectivity index (χ4n) is 2.08. The standard InChI is InChI=1S/C14H18ClNO3/c1-2-19-13-5-3-11(4-6-13)14(17)16-7-8-18-10-12(16)9-15/h3-6,12H,2,7-10H2,1H3. The molecule has 0 spiro atoms. The maximum absolute atomic E-state index is 12.4. The van der Waals surface area contributed by atoms with Crippen LogP contribution in [0.2, 0.25) is 0 Å². The Hall–Kier alpha value is -1.26. The normalized spacial score (nSPS) is 19.3.